The van der Waals surface area contributed by atoms with E-state index in [4.69, 9.17) is 0 Å². The number of aryl methyl sites for hydroxylation is 1. The maximum absolute atomic E-state index is 10.8. The van der Waals surface area contributed by atoms with Crippen molar-refractivity contribution in [3.8, 4) is 0 Å². The Morgan fingerprint density at radius 1 is 1.46 bits per heavy atom. The number of rotatable bonds is 2. The van der Waals surface area contributed by atoms with E-state index < -0.39 is 0 Å². The molecule has 0 saturated heterocycles. The number of hydrogen-bond acceptors (Lipinski definition) is 2. The molecular weight excluding hydrogens is 182 g/mol. The number of carbonyl (C=O) groups is 1. The zero-order valence-electron chi connectivity index (χ0n) is 8.05. The number of thioether (sulfide) groups is 1. The Morgan fingerprint density at radius 3 is 2.69 bits per heavy atom. The van der Waals surface area contributed by atoms with Crippen LogP contribution in [0.25, 0.3) is 0 Å². The van der Waals surface area contributed by atoms with Crippen molar-refractivity contribution in [2.24, 2.45) is 0 Å². The Hall–Kier alpha value is -0.960. The molecular formula is C10H13NOS. The zero-order valence-corrected chi connectivity index (χ0v) is 8.87. The van der Waals surface area contributed by atoms with Gasteiger partial charge in [0.25, 0.3) is 0 Å². The van der Waals surface area contributed by atoms with Gasteiger partial charge in [-0.3, -0.25) is 4.79 Å². The molecule has 0 bridgehead atoms. The molecule has 0 heterocycles. The van der Waals surface area contributed by atoms with Crippen LogP contribution in [0, 0.1) is 6.92 Å². The molecule has 0 radical (unpaired) electrons. The molecule has 0 aliphatic rings. The maximum Gasteiger partial charge on any atom is 0.221 e. The van der Waals surface area contributed by atoms with E-state index in [1.165, 1.54) is 12.5 Å². The number of benzene rings is 1. The van der Waals surface area contributed by atoms with Crippen molar-refractivity contribution in [1.82, 2.24) is 0 Å². The van der Waals surface area contributed by atoms with Crippen molar-refractivity contribution in [1.29, 1.82) is 0 Å². The number of amides is 1. The first-order valence-electron chi connectivity index (χ1n) is 4.05. The summed E-state index contributed by atoms with van der Waals surface area (Å²) < 4.78 is 0. The van der Waals surface area contributed by atoms with Gasteiger partial charge in [0, 0.05) is 11.8 Å². The molecule has 0 unspecified atom stereocenters. The zero-order chi connectivity index (χ0) is 9.84. The Labute approximate surface area is 82.7 Å². The number of carbonyl (C=O) groups excluding carboxylic acids is 1. The van der Waals surface area contributed by atoms with Crippen LogP contribution in [0.3, 0.4) is 0 Å². The second-order valence-electron chi connectivity index (χ2n) is 2.88. The Kier molecular flexibility index (Phi) is 3.37. The van der Waals surface area contributed by atoms with Crippen LogP contribution in [-0.4, -0.2) is 12.2 Å². The van der Waals surface area contributed by atoms with E-state index in [1.54, 1.807) is 11.8 Å². The molecule has 0 aliphatic heterocycles. The minimum Gasteiger partial charge on any atom is -0.325 e. The highest BCUT2D eigenvalue weighted by atomic mass is 32.2. The molecule has 13 heavy (non-hydrogen) atoms. The molecule has 1 aromatic carbocycles. The SMILES string of the molecule is CSc1cc(C)ccc1NC(C)=O. The number of anilines is 1. The number of nitrogens with one attached hydrogen (secondary N) is 1. The van der Waals surface area contributed by atoms with Gasteiger partial charge < -0.3 is 5.32 Å². The molecule has 0 aromatic heterocycles. The summed E-state index contributed by atoms with van der Waals surface area (Å²) in [7, 11) is 0. The monoisotopic (exact) mass is 195 g/mol. The van der Waals surface area contributed by atoms with E-state index in [1.807, 2.05) is 25.3 Å². The summed E-state index contributed by atoms with van der Waals surface area (Å²) in [4.78, 5) is 12.0. The minimum atomic E-state index is -0.0286. The normalized spacial score (nSPS) is 9.77. The Bertz CT molecular complexity index is 323. The summed E-state index contributed by atoms with van der Waals surface area (Å²) in [5.41, 5.74) is 2.10. The van der Waals surface area contributed by atoms with Crippen LogP contribution in [0.1, 0.15) is 12.5 Å². The average Bonchev–Trinajstić information content (AvgIpc) is 2.07. The van der Waals surface area contributed by atoms with E-state index in [2.05, 4.69) is 11.4 Å². The van der Waals surface area contributed by atoms with Crippen LogP contribution in [-0.2, 0) is 4.79 Å². The van der Waals surface area contributed by atoms with Gasteiger partial charge in [-0.1, -0.05) is 6.07 Å². The molecule has 70 valence electrons. The highest BCUT2D eigenvalue weighted by molar-refractivity contribution is 7.98. The van der Waals surface area contributed by atoms with Crippen molar-refractivity contribution in [3.63, 3.8) is 0 Å². The van der Waals surface area contributed by atoms with Crippen molar-refractivity contribution >= 4 is 23.4 Å². The van der Waals surface area contributed by atoms with Crippen molar-refractivity contribution in [2.45, 2.75) is 18.7 Å². The van der Waals surface area contributed by atoms with Gasteiger partial charge in [-0.15, -0.1) is 11.8 Å². The van der Waals surface area contributed by atoms with Gasteiger partial charge in [-0.05, 0) is 30.9 Å². The summed E-state index contributed by atoms with van der Waals surface area (Å²) in [5, 5.41) is 2.79. The fraction of sp³-hybridized carbons (Fsp3) is 0.300. The van der Waals surface area contributed by atoms with Gasteiger partial charge in [0.1, 0.15) is 0 Å². The van der Waals surface area contributed by atoms with E-state index >= 15 is 0 Å². The molecule has 0 atom stereocenters. The lowest BCUT2D eigenvalue weighted by Crippen LogP contribution is -2.06. The highest BCUT2D eigenvalue weighted by Gasteiger charge is 2.02. The third-order valence-electron chi connectivity index (χ3n) is 1.67. The van der Waals surface area contributed by atoms with Crippen LogP contribution >= 0.6 is 11.8 Å². The van der Waals surface area contributed by atoms with Crippen LogP contribution in [0.15, 0.2) is 23.1 Å². The Balaban J connectivity index is 2.99. The smallest absolute Gasteiger partial charge is 0.221 e. The standard InChI is InChI=1S/C10H13NOS/c1-7-4-5-9(11-8(2)12)10(6-7)13-3/h4-6H,1-3H3,(H,11,12). The highest BCUT2D eigenvalue weighted by Crippen LogP contribution is 2.26. The molecule has 0 fully saturated rings. The van der Waals surface area contributed by atoms with Crippen LogP contribution in [0.4, 0.5) is 5.69 Å². The van der Waals surface area contributed by atoms with Crippen molar-refractivity contribution in [2.75, 3.05) is 11.6 Å². The lowest BCUT2D eigenvalue weighted by molar-refractivity contribution is -0.114. The van der Waals surface area contributed by atoms with Crippen molar-refractivity contribution < 1.29 is 4.79 Å². The second-order valence-corrected chi connectivity index (χ2v) is 3.73. The summed E-state index contributed by atoms with van der Waals surface area (Å²) in [6.45, 7) is 3.56. The molecule has 3 heteroatoms. The van der Waals surface area contributed by atoms with Crippen LogP contribution in [0.2, 0.25) is 0 Å². The number of hydrogen-bond donors (Lipinski definition) is 1. The minimum absolute atomic E-state index is 0.0286. The van der Waals surface area contributed by atoms with Gasteiger partial charge in [-0.2, -0.15) is 0 Å². The van der Waals surface area contributed by atoms with E-state index in [0.29, 0.717) is 0 Å². The lowest BCUT2D eigenvalue weighted by Gasteiger charge is -2.08. The van der Waals surface area contributed by atoms with Gasteiger partial charge in [0.05, 0.1) is 5.69 Å². The topological polar surface area (TPSA) is 29.1 Å². The lowest BCUT2D eigenvalue weighted by atomic mass is 10.2. The van der Waals surface area contributed by atoms with Crippen LogP contribution in [0.5, 0.6) is 0 Å². The second kappa shape index (κ2) is 4.33. The molecule has 1 amide bonds. The predicted octanol–water partition coefficient (Wildman–Crippen LogP) is 2.68. The first kappa shape index (κ1) is 10.1. The fourth-order valence-electron chi connectivity index (χ4n) is 1.09. The van der Waals surface area contributed by atoms with Gasteiger partial charge in [0.2, 0.25) is 5.91 Å². The largest absolute Gasteiger partial charge is 0.325 e. The summed E-state index contributed by atoms with van der Waals surface area (Å²) in [5.74, 6) is -0.0286. The maximum atomic E-state index is 10.8. The summed E-state index contributed by atoms with van der Waals surface area (Å²) in [6, 6.07) is 5.99. The van der Waals surface area contributed by atoms with Gasteiger partial charge >= 0.3 is 0 Å². The molecule has 0 saturated carbocycles. The third-order valence-corrected chi connectivity index (χ3v) is 2.45. The van der Waals surface area contributed by atoms with E-state index in [-0.39, 0.29) is 5.91 Å². The predicted molar refractivity (Wildman–Crippen MR) is 57.3 cm³/mol. The molecule has 1 rings (SSSR count). The molecule has 1 aromatic rings. The van der Waals surface area contributed by atoms with E-state index in [9.17, 15) is 4.79 Å². The molecule has 1 N–H and O–H groups in total. The van der Waals surface area contributed by atoms with Crippen LogP contribution < -0.4 is 5.32 Å². The Morgan fingerprint density at radius 2 is 2.15 bits per heavy atom. The van der Waals surface area contributed by atoms with E-state index in [0.717, 1.165) is 10.6 Å². The molecule has 0 aliphatic carbocycles. The average molecular weight is 195 g/mol. The molecule has 2 nitrogen and oxygen atoms in total. The van der Waals surface area contributed by atoms with Crippen molar-refractivity contribution in [3.05, 3.63) is 23.8 Å². The third kappa shape index (κ3) is 2.77. The first-order chi connectivity index (χ1) is 6.13. The fourth-order valence-corrected chi connectivity index (χ4v) is 1.73. The summed E-state index contributed by atoms with van der Waals surface area (Å²) in [6.07, 6.45) is 2.00. The molecule has 0 spiro atoms. The quantitative estimate of drug-likeness (QED) is 0.735. The van der Waals surface area contributed by atoms with Gasteiger partial charge in [0.15, 0.2) is 0 Å². The first-order valence-corrected chi connectivity index (χ1v) is 5.28. The van der Waals surface area contributed by atoms with Gasteiger partial charge in [-0.25, -0.2) is 0 Å². The summed E-state index contributed by atoms with van der Waals surface area (Å²) >= 11 is 1.64.